The summed E-state index contributed by atoms with van der Waals surface area (Å²) in [5.74, 6) is 0.448. The largest absolute Gasteiger partial charge is 0.451 e. The second-order valence-corrected chi connectivity index (χ2v) is 7.58. The first kappa shape index (κ1) is 17.7. The van der Waals surface area contributed by atoms with Crippen molar-refractivity contribution in [2.24, 2.45) is 0 Å². The van der Waals surface area contributed by atoms with Gasteiger partial charge in [0.2, 0.25) is 0 Å². The molecule has 0 radical (unpaired) electrons. The van der Waals surface area contributed by atoms with Crippen LogP contribution in [0.2, 0.25) is 0 Å². The molecule has 29 heavy (non-hydrogen) atoms. The van der Waals surface area contributed by atoms with Crippen LogP contribution in [-0.4, -0.2) is 38.5 Å². The molecule has 8 nitrogen and oxygen atoms in total. The molecule has 148 valence electrons. The predicted molar refractivity (Wildman–Crippen MR) is 105 cm³/mol. The molecule has 0 saturated heterocycles. The summed E-state index contributed by atoms with van der Waals surface area (Å²) in [4.78, 5) is 24.5. The number of benzene rings is 1. The number of aromatic nitrogens is 4. The lowest BCUT2D eigenvalue weighted by Gasteiger charge is -2.09. The zero-order valence-corrected chi connectivity index (χ0v) is 15.8. The highest BCUT2D eigenvalue weighted by molar-refractivity contribution is 5.94. The Bertz CT molecular complexity index is 1050. The van der Waals surface area contributed by atoms with E-state index < -0.39 is 11.9 Å². The summed E-state index contributed by atoms with van der Waals surface area (Å²) in [7, 11) is 0. The molecule has 3 aromatic rings. The maximum atomic E-state index is 12.4. The number of hydrogen-bond donors (Lipinski definition) is 2. The molecule has 8 heteroatoms. The van der Waals surface area contributed by atoms with Crippen LogP contribution >= 0.6 is 0 Å². The number of carbonyl (C=O) groups is 2. The third-order valence-corrected chi connectivity index (χ3v) is 5.15. The summed E-state index contributed by atoms with van der Waals surface area (Å²) in [5, 5.41) is 14.3. The molecule has 0 aliphatic heterocycles. The van der Waals surface area contributed by atoms with Crippen molar-refractivity contribution in [3.8, 4) is 5.69 Å². The van der Waals surface area contributed by atoms with Crippen molar-refractivity contribution in [1.29, 1.82) is 0 Å². The fourth-order valence-electron chi connectivity index (χ4n) is 3.26. The molecule has 1 amide bonds. The number of nitrogens with one attached hydrogen (secondary N) is 2. The lowest BCUT2D eigenvalue weighted by atomic mass is 10.3. The smallest absolute Gasteiger partial charge is 0.359 e. The van der Waals surface area contributed by atoms with Crippen molar-refractivity contribution >= 4 is 17.7 Å². The Kier molecular flexibility index (Phi) is 4.38. The molecule has 2 saturated carbocycles. The van der Waals surface area contributed by atoms with E-state index in [1.165, 1.54) is 0 Å². The Morgan fingerprint density at radius 2 is 1.86 bits per heavy atom. The first-order chi connectivity index (χ1) is 14.2. The van der Waals surface area contributed by atoms with E-state index in [-0.39, 0.29) is 12.3 Å². The molecule has 2 fully saturated rings. The normalized spacial score (nSPS) is 15.9. The fourth-order valence-corrected chi connectivity index (χ4v) is 3.26. The van der Waals surface area contributed by atoms with E-state index >= 15 is 0 Å². The Labute approximate surface area is 167 Å². The van der Waals surface area contributed by atoms with E-state index in [2.05, 4.69) is 20.6 Å². The van der Waals surface area contributed by atoms with E-state index in [0.29, 0.717) is 17.7 Å². The van der Waals surface area contributed by atoms with Gasteiger partial charge in [-0.3, -0.25) is 9.89 Å². The molecule has 2 aliphatic rings. The van der Waals surface area contributed by atoms with Crippen LogP contribution in [-0.2, 0) is 9.53 Å². The predicted octanol–water partition coefficient (Wildman–Crippen LogP) is 3.15. The Morgan fingerprint density at radius 1 is 1.10 bits per heavy atom. The van der Waals surface area contributed by atoms with Crippen molar-refractivity contribution in [1.82, 2.24) is 20.0 Å². The van der Waals surface area contributed by atoms with Crippen LogP contribution in [0.5, 0.6) is 0 Å². The first-order valence-corrected chi connectivity index (χ1v) is 9.85. The monoisotopic (exact) mass is 391 g/mol. The van der Waals surface area contributed by atoms with E-state index in [9.17, 15) is 9.59 Å². The number of rotatable bonds is 7. The first-order valence-electron chi connectivity index (χ1n) is 9.85. The number of ether oxygens (including phenoxy) is 1. The number of para-hydroxylation sites is 1. The zero-order valence-electron chi connectivity index (χ0n) is 15.8. The maximum absolute atomic E-state index is 12.4. The number of amides is 1. The van der Waals surface area contributed by atoms with Crippen LogP contribution in [0.4, 0.5) is 5.82 Å². The number of hydrogen-bond acceptors (Lipinski definition) is 5. The molecule has 1 aromatic carbocycles. The molecule has 2 aromatic heterocycles. The molecule has 0 unspecified atom stereocenters. The van der Waals surface area contributed by atoms with Gasteiger partial charge in [-0.25, -0.2) is 9.48 Å². The number of H-pyrrole nitrogens is 1. The SMILES string of the molecule is O=C(COC(=O)c1cc(C2CC2)[nH]n1)Nc1cc(C2CC2)nn1-c1ccccc1. The van der Waals surface area contributed by atoms with Gasteiger partial charge in [-0.15, -0.1) is 0 Å². The quantitative estimate of drug-likeness (QED) is 0.603. The highest BCUT2D eigenvalue weighted by atomic mass is 16.5. The summed E-state index contributed by atoms with van der Waals surface area (Å²) in [6.45, 7) is -0.386. The summed E-state index contributed by atoms with van der Waals surface area (Å²) in [6.07, 6.45) is 4.45. The van der Waals surface area contributed by atoms with Gasteiger partial charge in [0.15, 0.2) is 12.3 Å². The standard InChI is InChI=1S/C21H21N5O3/c27-20(12-29-21(28)18-10-16(23-24-18)13-6-7-13)22-19-11-17(14-8-9-14)25-26(19)15-4-2-1-3-5-15/h1-5,10-11,13-14H,6-9,12H2,(H,22,27)(H,23,24). The Hall–Kier alpha value is -3.42. The van der Waals surface area contributed by atoms with Crippen LogP contribution in [0.25, 0.3) is 5.69 Å². The van der Waals surface area contributed by atoms with Crippen LogP contribution in [0.1, 0.15) is 59.4 Å². The fraction of sp³-hybridized carbons (Fsp3) is 0.333. The lowest BCUT2D eigenvalue weighted by molar-refractivity contribution is -0.119. The van der Waals surface area contributed by atoms with E-state index in [1.807, 2.05) is 36.4 Å². The number of nitrogens with zero attached hydrogens (tertiary/aromatic N) is 3. The molecule has 2 heterocycles. The van der Waals surface area contributed by atoms with E-state index in [0.717, 1.165) is 42.8 Å². The summed E-state index contributed by atoms with van der Waals surface area (Å²) < 4.78 is 6.84. The van der Waals surface area contributed by atoms with Gasteiger partial charge in [0.1, 0.15) is 5.82 Å². The third kappa shape index (κ3) is 3.91. The minimum Gasteiger partial charge on any atom is -0.451 e. The number of carbonyl (C=O) groups excluding carboxylic acids is 2. The van der Waals surface area contributed by atoms with Crippen molar-refractivity contribution in [3.05, 3.63) is 59.5 Å². The summed E-state index contributed by atoms with van der Waals surface area (Å²) in [5.41, 5.74) is 2.96. The number of anilines is 1. The van der Waals surface area contributed by atoms with Gasteiger partial charge in [-0.05, 0) is 43.9 Å². The average Bonchev–Trinajstić information content (AvgIpc) is 3.68. The third-order valence-electron chi connectivity index (χ3n) is 5.15. The second-order valence-electron chi connectivity index (χ2n) is 7.58. The van der Waals surface area contributed by atoms with Crippen molar-refractivity contribution in [2.75, 3.05) is 11.9 Å². The van der Waals surface area contributed by atoms with Crippen LogP contribution in [0.3, 0.4) is 0 Å². The van der Waals surface area contributed by atoms with Gasteiger partial charge >= 0.3 is 5.97 Å². The van der Waals surface area contributed by atoms with Crippen LogP contribution < -0.4 is 5.32 Å². The topological polar surface area (TPSA) is 102 Å². The maximum Gasteiger partial charge on any atom is 0.359 e. The molecular weight excluding hydrogens is 370 g/mol. The molecule has 0 spiro atoms. The highest BCUT2D eigenvalue weighted by Gasteiger charge is 2.28. The zero-order chi connectivity index (χ0) is 19.8. The van der Waals surface area contributed by atoms with Crippen molar-refractivity contribution in [2.45, 2.75) is 37.5 Å². The van der Waals surface area contributed by atoms with Gasteiger partial charge in [0, 0.05) is 23.6 Å². The number of esters is 1. The molecule has 5 rings (SSSR count). The average molecular weight is 391 g/mol. The van der Waals surface area contributed by atoms with Gasteiger partial charge in [-0.1, -0.05) is 18.2 Å². The lowest BCUT2D eigenvalue weighted by Crippen LogP contribution is -2.22. The van der Waals surface area contributed by atoms with Gasteiger partial charge in [0.25, 0.3) is 5.91 Å². The van der Waals surface area contributed by atoms with Crippen LogP contribution in [0.15, 0.2) is 42.5 Å². The van der Waals surface area contributed by atoms with Crippen LogP contribution in [0, 0.1) is 0 Å². The van der Waals surface area contributed by atoms with Gasteiger partial charge in [-0.2, -0.15) is 10.2 Å². The number of aromatic amines is 1. The minimum absolute atomic E-state index is 0.199. The molecule has 2 N–H and O–H groups in total. The summed E-state index contributed by atoms with van der Waals surface area (Å²) in [6, 6.07) is 13.2. The molecular formula is C21H21N5O3. The van der Waals surface area contributed by atoms with Crippen molar-refractivity contribution < 1.29 is 14.3 Å². The molecule has 0 atom stereocenters. The Morgan fingerprint density at radius 3 is 2.59 bits per heavy atom. The highest BCUT2D eigenvalue weighted by Crippen LogP contribution is 2.40. The Balaban J connectivity index is 1.24. The van der Waals surface area contributed by atoms with Gasteiger partial charge in [0.05, 0.1) is 11.4 Å². The minimum atomic E-state index is -0.612. The van der Waals surface area contributed by atoms with Crippen molar-refractivity contribution in [3.63, 3.8) is 0 Å². The van der Waals surface area contributed by atoms with E-state index in [4.69, 9.17) is 4.74 Å². The molecule has 0 bridgehead atoms. The summed E-state index contributed by atoms with van der Waals surface area (Å²) >= 11 is 0. The second kappa shape index (κ2) is 7.20. The van der Waals surface area contributed by atoms with Gasteiger partial charge < -0.3 is 10.1 Å². The molecule has 2 aliphatic carbocycles. The van der Waals surface area contributed by atoms with E-state index in [1.54, 1.807) is 10.7 Å².